The normalized spacial score (nSPS) is 10.9. The molecule has 0 aliphatic rings. The quantitative estimate of drug-likeness (QED) is 0.851. The molecule has 0 unspecified atom stereocenters. The molecular formula is C13H17ClN2. The monoisotopic (exact) mass is 236 g/mol. The van der Waals surface area contributed by atoms with E-state index in [4.69, 9.17) is 16.9 Å². The SMILES string of the molecule is CCC(C)(CC)Nc1cccc(Cl)c1C#N. The van der Waals surface area contributed by atoms with Crippen molar-refractivity contribution in [3.63, 3.8) is 0 Å². The number of nitrogens with zero attached hydrogens (tertiary/aromatic N) is 1. The molecule has 0 bridgehead atoms. The summed E-state index contributed by atoms with van der Waals surface area (Å²) in [5.41, 5.74) is 1.36. The van der Waals surface area contributed by atoms with Crippen LogP contribution in [0.25, 0.3) is 0 Å². The summed E-state index contributed by atoms with van der Waals surface area (Å²) in [6, 6.07) is 7.63. The van der Waals surface area contributed by atoms with E-state index in [2.05, 4.69) is 32.2 Å². The van der Waals surface area contributed by atoms with Crippen LogP contribution >= 0.6 is 11.6 Å². The van der Waals surface area contributed by atoms with Gasteiger partial charge in [0.25, 0.3) is 0 Å². The Bertz CT molecular complexity index is 403. The van der Waals surface area contributed by atoms with Crippen LogP contribution in [0.5, 0.6) is 0 Å². The Balaban J connectivity index is 3.07. The number of anilines is 1. The Morgan fingerprint density at radius 3 is 2.50 bits per heavy atom. The highest BCUT2D eigenvalue weighted by Crippen LogP contribution is 2.28. The third-order valence-corrected chi connectivity index (χ3v) is 3.44. The zero-order chi connectivity index (χ0) is 12.2. The number of hydrogen-bond donors (Lipinski definition) is 1. The molecule has 0 aliphatic heterocycles. The first kappa shape index (κ1) is 12.9. The summed E-state index contributed by atoms with van der Waals surface area (Å²) in [4.78, 5) is 0. The molecule has 16 heavy (non-hydrogen) atoms. The zero-order valence-corrected chi connectivity index (χ0v) is 10.7. The van der Waals surface area contributed by atoms with Gasteiger partial charge in [-0.15, -0.1) is 0 Å². The van der Waals surface area contributed by atoms with Gasteiger partial charge in [0, 0.05) is 5.54 Å². The highest BCUT2D eigenvalue weighted by molar-refractivity contribution is 6.32. The fraction of sp³-hybridized carbons (Fsp3) is 0.462. The van der Waals surface area contributed by atoms with Crippen LogP contribution in [0.15, 0.2) is 18.2 Å². The van der Waals surface area contributed by atoms with Crippen molar-refractivity contribution >= 4 is 17.3 Å². The number of halogens is 1. The standard InChI is InChI=1S/C13H17ClN2/c1-4-13(3,5-2)16-12-8-6-7-11(14)10(12)9-15/h6-8,16H,4-5H2,1-3H3. The van der Waals surface area contributed by atoms with E-state index in [0.29, 0.717) is 10.6 Å². The van der Waals surface area contributed by atoms with Gasteiger partial charge in [-0.25, -0.2) is 0 Å². The smallest absolute Gasteiger partial charge is 0.103 e. The van der Waals surface area contributed by atoms with Gasteiger partial charge in [-0.05, 0) is 31.9 Å². The molecule has 86 valence electrons. The maximum absolute atomic E-state index is 9.07. The van der Waals surface area contributed by atoms with E-state index in [9.17, 15) is 0 Å². The number of nitriles is 1. The molecule has 0 saturated carbocycles. The first-order valence-electron chi connectivity index (χ1n) is 5.53. The number of rotatable bonds is 4. The Morgan fingerprint density at radius 2 is 2.00 bits per heavy atom. The Morgan fingerprint density at radius 1 is 1.38 bits per heavy atom. The summed E-state index contributed by atoms with van der Waals surface area (Å²) in [6.45, 7) is 6.41. The third kappa shape index (κ3) is 2.68. The Labute approximate surface area is 102 Å². The van der Waals surface area contributed by atoms with Crippen molar-refractivity contribution in [2.45, 2.75) is 39.2 Å². The van der Waals surface area contributed by atoms with Gasteiger partial charge in [0.05, 0.1) is 16.3 Å². The van der Waals surface area contributed by atoms with Crippen molar-refractivity contribution in [1.82, 2.24) is 0 Å². The van der Waals surface area contributed by atoms with Gasteiger partial charge < -0.3 is 5.32 Å². The second-order valence-electron chi connectivity index (χ2n) is 4.17. The lowest BCUT2D eigenvalue weighted by Gasteiger charge is -2.30. The molecule has 0 heterocycles. The van der Waals surface area contributed by atoms with Gasteiger partial charge >= 0.3 is 0 Å². The van der Waals surface area contributed by atoms with Gasteiger partial charge in [-0.2, -0.15) is 5.26 Å². The Kier molecular flexibility index (Phi) is 4.20. The number of benzene rings is 1. The van der Waals surface area contributed by atoms with Crippen molar-refractivity contribution in [2.75, 3.05) is 5.32 Å². The van der Waals surface area contributed by atoms with Crippen LogP contribution in [-0.2, 0) is 0 Å². The lowest BCUT2D eigenvalue weighted by Crippen LogP contribution is -2.33. The molecule has 0 aliphatic carbocycles. The summed E-state index contributed by atoms with van der Waals surface area (Å²) < 4.78 is 0. The number of hydrogen-bond acceptors (Lipinski definition) is 2. The molecule has 0 saturated heterocycles. The van der Waals surface area contributed by atoms with Gasteiger partial charge in [0.1, 0.15) is 6.07 Å². The fourth-order valence-corrected chi connectivity index (χ4v) is 1.71. The van der Waals surface area contributed by atoms with Crippen LogP contribution < -0.4 is 5.32 Å². The molecular weight excluding hydrogens is 220 g/mol. The molecule has 0 atom stereocenters. The van der Waals surface area contributed by atoms with Crippen molar-refractivity contribution in [1.29, 1.82) is 5.26 Å². The van der Waals surface area contributed by atoms with E-state index in [0.717, 1.165) is 18.5 Å². The highest BCUT2D eigenvalue weighted by atomic mass is 35.5. The summed E-state index contributed by atoms with van der Waals surface area (Å²) >= 11 is 5.98. The molecule has 0 radical (unpaired) electrons. The molecule has 0 amide bonds. The third-order valence-electron chi connectivity index (χ3n) is 3.12. The van der Waals surface area contributed by atoms with Crippen LogP contribution in [0, 0.1) is 11.3 Å². The molecule has 0 fully saturated rings. The minimum atomic E-state index is 0.0102. The average molecular weight is 237 g/mol. The first-order chi connectivity index (χ1) is 7.56. The first-order valence-corrected chi connectivity index (χ1v) is 5.91. The van der Waals surface area contributed by atoms with E-state index in [1.54, 1.807) is 6.07 Å². The molecule has 1 rings (SSSR count). The molecule has 0 spiro atoms. The minimum absolute atomic E-state index is 0.0102. The minimum Gasteiger partial charge on any atom is -0.379 e. The van der Waals surface area contributed by atoms with Crippen molar-refractivity contribution in [3.05, 3.63) is 28.8 Å². The van der Waals surface area contributed by atoms with Crippen LogP contribution in [0.3, 0.4) is 0 Å². The molecule has 1 aromatic rings. The average Bonchev–Trinajstić information content (AvgIpc) is 2.29. The molecule has 3 heteroatoms. The van der Waals surface area contributed by atoms with E-state index in [1.165, 1.54) is 0 Å². The predicted molar refractivity (Wildman–Crippen MR) is 68.8 cm³/mol. The van der Waals surface area contributed by atoms with Crippen molar-refractivity contribution in [3.8, 4) is 6.07 Å². The summed E-state index contributed by atoms with van der Waals surface area (Å²) in [5.74, 6) is 0. The Hall–Kier alpha value is -1.20. The highest BCUT2D eigenvalue weighted by Gasteiger charge is 2.20. The van der Waals surface area contributed by atoms with Crippen LogP contribution in [-0.4, -0.2) is 5.54 Å². The second-order valence-corrected chi connectivity index (χ2v) is 4.57. The predicted octanol–water partition coefficient (Wildman–Crippen LogP) is 4.20. The molecule has 1 N–H and O–H groups in total. The maximum atomic E-state index is 9.07. The fourth-order valence-electron chi connectivity index (χ4n) is 1.49. The van der Waals surface area contributed by atoms with E-state index in [-0.39, 0.29) is 5.54 Å². The van der Waals surface area contributed by atoms with E-state index < -0.39 is 0 Å². The summed E-state index contributed by atoms with van der Waals surface area (Å²) in [7, 11) is 0. The van der Waals surface area contributed by atoms with E-state index in [1.807, 2.05) is 12.1 Å². The van der Waals surface area contributed by atoms with Crippen LogP contribution in [0.4, 0.5) is 5.69 Å². The molecule has 1 aromatic carbocycles. The molecule has 0 aromatic heterocycles. The van der Waals surface area contributed by atoms with Gasteiger partial charge in [0.2, 0.25) is 0 Å². The lowest BCUT2D eigenvalue weighted by molar-refractivity contribution is 0.478. The molecule has 2 nitrogen and oxygen atoms in total. The maximum Gasteiger partial charge on any atom is 0.103 e. The lowest BCUT2D eigenvalue weighted by atomic mass is 9.94. The summed E-state index contributed by atoms with van der Waals surface area (Å²) in [6.07, 6.45) is 2.00. The van der Waals surface area contributed by atoms with Gasteiger partial charge in [0.15, 0.2) is 0 Å². The van der Waals surface area contributed by atoms with Crippen LogP contribution in [0.1, 0.15) is 39.2 Å². The van der Waals surface area contributed by atoms with Crippen molar-refractivity contribution in [2.24, 2.45) is 0 Å². The largest absolute Gasteiger partial charge is 0.379 e. The number of nitrogens with one attached hydrogen (secondary N) is 1. The van der Waals surface area contributed by atoms with Gasteiger partial charge in [-0.1, -0.05) is 31.5 Å². The van der Waals surface area contributed by atoms with Gasteiger partial charge in [-0.3, -0.25) is 0 Å². The van der Waals surface area contributed by atoms with E-state index >= 15 is 0 Å². The zero-order valence-electron chi connectivity index (χ0n) is 9.97. The summed E-state index contributed by atoms with van der Waals surface area (Å²) in [5, 5.41) is 13.0. The second kappa shape index (κ2) is 5.23. The van der Waals surface area contributed by atoms with Crippen LogP contribution in [0.2, 0.25) is 5.02 Å². The topological polar surface area (TPSA) is 35.8 Å². The van der Waals surface area contributed by atoms with Crippen molar-refractivity contribution < 1.29 is 0 Å².